The van der Waals surface area contributed by atoms with E-state index in [1.807, 2.05) is 7.05 Å². The zero-order valence-electron chi connectivity index (χ0n) is 13.1. The van der Waals surface area contributed by atoms with Crippen LogP contribution in [0.1, 0.15) is 31.9 Å². The van der Waals surface area contributed by atoms with Crippen molar-refractivity contribution in [1.82, 2.24) is 5.32 Å². The lowest BCUT2D eigenvalue weighted by atomic mass is 10.00. The molecule has 2 atom stereocenters. The standard InChI is InChI=1S/C18H25NOS/c1-14(2)11-12-21(20)13-18(19-3)17-10-6-8-15-7-4-5-9-16(15)17/h4-10,14,18-19H,11-13H2,1-3H3. The van der Waals surface area contributed by atoms with Gasteiger partial charge in [0.1, 0.15) is 0 Å². The fourth-order valence-corrected chi connectivity index (χ4v) is 4.14. The first kappa shape index (κ1) is 16.2. The molecule has 0 aliphatic heterocycles. The Morgan fingerprint density at radius 2 is 1.81 bits per heavy atom. The van der Waals surface area contributed by atoms with Crippen molar-refractivity contribution in [1.29, 1.82) is 0 Å². The second-order valence-corrected chi connectivity index (χ2v) is 7.52. The van der Waals surface area contributed by atoms with Gasteiger partial charge in [-0.2, -0.15) is 0 Å². The van der Waals surface area contributed by atoms with E-state index in [4.69, 9.17) is 0 Å². The molecule has 0 aromatic heterocycles. The van der Waals surface area contributed by atoms with E-state index in [1.54, 1.807) is 0 Å². The lowest BCUT2D eigenvalue weighted by Gasteiger charge is -2.18. The summed E-state index contributed by atoms with van der Waals surface area (Å²) in [6, 6.07) is 14.9. The molecule has 0 saturated carbocycles. The lowest BCUT2D eigenvalue weighted by molar-refractivity contribution is 0.609. The zero-order valence-corrected chi connectivity index (χ0v) is 14.0. The van der Waals surface area contributed by atoms with Crippen LogP contribution in [-0.2, 0) is 10.8 Å². The van der Waals surface area contributed by atoms with E-state index < -0.39 is 10.8 Å². The summed E-state index contributed by atoms with van der Waals surface area (Å²) in [6.45, 7) is 4.36. The van der Waals surface area contributed by atoms with Gasteiger partial charge in [0.2, 0.25) is 0 Å². The Hall–Kier alpha value is -1.19. The summed E-state index contributed by atoms with van der Waals surface area (Å²) in [4.78, 5) is 0. The van der Waals surface area contributed by atoms with Gasteiger partial charge in [0.25, 0.3) is 0 Å². The number of benzene rings is 2. The number of hydrogen-bond donors (Lipinski definition) is 1. The van der Waals surface area contributed by atoms with Gasteiger partial charge in [0.15, 0.2) is 0 Å². The normalized spacial score (nSPS) is 14.5. The first-order valence-corrected chi connectivity index (χ1v) is 9.10. The van der Waals surface area contributed by atoms with Crippen LogP contribution in [-0.4, -0.2) is 22.8 Å². The molecule has 0 spiro atoms. The predicted molar refractivity (Wildman–Crippen MR) is 93.1 cm³/mol. The summed E-state index contributed by atoms with van der Waals surface area (Å²) in [6.07, 6.45) is 1.03. The van der Waals surface area contributed by atoms with E-state index in [0.717, 1.165) is 12.2 Å². The second kappa shape index (κ2) is 7.71. The molecule has 2 aromatic carbocycles. The smallest absolute Gasteiger partial charge is 0.0440 e. The molecular weight excluding hydrogens is 278 g/mol. The Labute approximate surface area is 130 Å². The van der Waals surface area contributed by atoms with Crippen molar-refractivity contribution in [2.75, 3.05) is 18.6 Å². The topological polar surface area (TPSA) is 29.1 Å². The SMILES string of the molecule is CNC(CS(=O)CCC(C)C)c1cccc2ccccc12. The van der Waals surface area contributed by atoms with Crippen LogP contribution in [0.2, 0.25) is 0 Å². The molecule has 2 unspecified atom stereocenters. The van der Waals surface area contributed by atoms with Gasteiger partial charge < -0.3 is 5.32 Å². The van der Waals surface area contributed by atoms with Crippen molar-refractivity contribution in [3.05, 3.63) is 48.0 Å². The summed E-state index contributed by atoms with van der Waals surface area (Å²) >= 11 is 0. The van der Waals surface area contributed by atoms with Crippen LogP contribution in [0.25, 0.3) is 10.8 Å². The fourth-order valence-electron chi connectivity index (χ4n) is 2.52. The van der Waals surface area contributed by atoms with Crippen molar-refractivity contribution < 1.29 is 4.21 Å². The highest BCUT2D eigenvalue weighted by Gasteiger charge is 2.15. The molecule has 2 nitrogen and oxygen atoms in total. The Morgan fingerprint density at radius 1 is 1.10 bits per heavy atom. The van der Waals surface area contributed by atoms with E-state index in [2.05, 4.69) is 61.6 Å². The average Bonchev–Trinajstić information content (AvgIpc) is 2.50. The Bertz CT molecular complexity index is 604. The minimum atomic E-state index is -0.776. The van der Waals surface area contributed by atoms with E-state index in [0.29, 0.717) is 11.7 Å². The van der Waals surface area contributed by atoms with Crippen LogP contribution in [0.15, 0.2) is 42.5 Å². The molecule has 0 radical (unpaired) electrons. The predicted octanol–water partition coefficient (Wildman–Crippen LogP) is 3.90. The Kier molecular flexibility index (Phi) is 5.95. The lowest BCUT2D eigenvalue weighted by Crippen LogP contribution is -2.24. The summed E-state index contributed by atoms with van der Waals surface area (Å²) < 4.78 is 12.3. The van der Waals surface area contributed by atoms with Gasteiger partial charge in [-0.05, 0) is 35.7 Å². The quantitative estimate of drug-likeness (QED) is 0.840. The van der Waals surface area contributed by atoms with E-state index >= 15 is 0 Å². The maximum atomic E-state index is 12.3. The molecule has 3 heteroatoms. The Morgan fingerprint density at radius 3 is 2.52 bits per heavy atom. The highest BCUT2D eigenvalue weighted by atomic mass is 32.2. The summed E-state index contributed by atoms with van der Waals surface area (Å²) in [7, 11) is 1.17. The molecule has 0 aliphatic rings. The van der Waals surface area contributed by atoms with Gasteiger partial charge in [0.05, 0.1) is 0 Å². The van der Waals surface area contributed by atoms with Crippen molar-refractivity contribution in [2.45, 2.75) is 26.3 Å². The minimum absolute atomic E-state index is 0.143. The maximum absolute atomic E-state index is 12.3. The van der Waals surface area contributed by atoms with Gasteiger partial charge in [-0.15, -0.1) is 0 Å². The van der Waals surface area contributed by atoms with Crippen molar-refractivity contribution >= 4 is 21.6 Å². The number of rotatable bonds is 7. The summed E-state index contributed by atoms with van der Waals surface area (Å²) in [5.74, 6) is 2.08. The van der Waals surface area contributed by atoms with E-state index in [1.165, 1.54) is 16.3 Å². The molecule has 2 aromatic rings. The monoisotopic (exact) mass is 303 g/mol. The molecule has 0 aliphatic carbocycles. The summed E-state index contributed by atoms with van der Waals surface area (Å²) in [5.41, 5.74) is 1.24. The highest BCUT2D eigenvalue weighted by Crippen LogP contribution is 2.25. The van der Waals surface area contributed by atoms with Crippen LogP contribution >= 0.6 is 0 Å². The van der Waals surface area contributed by atoms with Crippen molar-refractivity contribution in [2.24, 2.45) is 5.92 Å². The van der Waals surface area contributed by atoms with Gasteiger partial charge >= 0.3 is 0 Å². The van der Waals surface area contributed by atoms with Crippen LogP contribution in [0.5, 0.6) is 0 Å². The van der Waals surface area contributed by atoms with Gasteiger partial charge in [-0.25, -0.2) is 0 Å². The molecular formula is C18H25NOS. The molecule has 0 saturated heterocycles. The highest BCUT2D eigenvalue weighted by molar-refractivity contribution is 7.85. The number of fused-ring (bicyclic) bond motifs is 1. The molecule has 0 bridgehead atoms. The third kappa shape index (κ3) is 4.39. The summed E-state index contributed by atoms with van der Waals surface area (Å²) in [5, 5.41) is 5.83. The van der Waals surface area contributed by atoms with E-state index in [9.17, 15) is 4.21 Å². The van der Waals surface area contributed by atoms with Crippen LogP contribution in [0.3, 0.4) is 0 Å². The molecule has 0 heterocycles. The number of nitrogens with one attached hydrogen (secondary N) is 1. The van der Waals surface area contributed by atoms with Crippen molar-refractivity contribution in [3.8, 4) is 0 Å². The molecule has 21 heavy (non-hydrogen) atoms. The van der Waals surface area contributed by atoms with Gasteiger partial charge in [-0.1, -0.05) is 56.3 Å². The second-order valence-electron chi connectivity index (χ2n) is 5.90. The first-order valence-electron chi connectivity index (χ1n) is 7.61. The molecule has 1 N–H and O–H groups in total. The number of hydrogen-bond acceptors (Lipinski definition) is 2. The molecule has 0 amide bonds. The van der Waals surface area contributed by atoms with Crippen LogP contribution in [0.4, 0.5) is 0 Å². The maximum Gasteiger partial charge on any atom is 0.0440 e. The third-order valence-corrected chi connectivity index (χ3v) is 5.22. The van der Waals surface area contributed by atoms with E-state index in [-0.39, 0.29) is 6.04 Å². The van der Waals surface area contributed by atoms with Crippen LogP contribution in [0, 0.1) is 5.92 Å². The van der Waals surface area contributed by atoms with Crippen LogP contribution < -0.4 is 5.32 Å². The minimum Gasteiger partial charge on any atom is -0.312 e. The average molecular weight is 303 g/mol. The zero-order chi connectivity index (χ0) is 15.2. The molecule has 2 rings (SSSR count). The van der Waals surface area contributed by atoms with Gasteiger partial charge in [-0.3, -0.25) is 4.21 Å². The largest absolute Gasteiger partial charge is 0.312 e. The van der Waals surface area contributed by atoms with Gasteiger partial charge in [0, 0.05) is 28.3 Å². The molecule has 0 fully saturated rings. The molecule has 114 valence electrons. The van der Waals surface area contributed by atoms with Crippen molar-refractivity contribution in [3.63, 3.8) is 0 Å². The fraction of sp³-hybridized carbons (Fsp3) is 0.444. The Balaban J connectivity index is 2.18. The first-order chi connectivity index (χ1) is 10.1. The third-order valence-electron chi connectivity index (χ3n) is 3.82.